The van der Waals surface area contributed by atoms with E-state index in [9.17, 15) is 4.79 Å². The molecule has 0 radical (unpaired) electrons. The van der Waals surface area contributed by atoms with Gasteiger partial charge in [0.25, 0.3) is 5.56 Å². The van der Waals surface area contributed by atoms with Crippen LogP contribution in [0.1, 0.15) is 65.7 Å². The molecule has 2 aromatic heterocycles. The molecule has 1 aliphatic heterocycles. The fourth-order valence-electron chi connectivity index (χ4n) is 4.22. The lowest BCUT2D eigenvalue weighted by atomic mass is 9.97. The zero-order chi connectivity index (χ0) is 19.0. The Hall–Kier alpha value is -1.89. The first-order chi connectivity index (χ1) is 12.9. The van der Waals surface area contributed by atoms with Crippen LogP contribution in [-0.4, -0.2) is 45.0 Å². The van der Waals surface area contributed by atoms with Crippen molar-refractivity contribution in [2.24, 2.45) is 0 Å². The number of ether oxygens (including phenoxy) is 1. The molecule has 1 aliphatic carbocycles. The largest absolute Gasteiger partial charge is 0.375 e. The number of aromatic amines is 1. The molecule has 0 atom stereocenters. The van der Waals surface area contributed by atoms with E-state index in [1.54, 1.807) is 6.20 Å². The summed E-state index contributed by atoms with van der Waals surface area (Å²) in [6, 6.07) is 0. The van der Waals surface area contributed by atoms with Gasteiger partial charge in [0.15, 0.2) is 5.65 Å². The summed E-state index contributed by atoms with van der Waals surface area (Å²) in [4.78, 5) is 22.4. The summed E-state index contributed by atoms with van der Waals surface area (Å²) in [6.45, 7) is 7.91. The third-order valence-electron chi connectivity index (χ3n) is 5.74. The van der Waals surface area contributed by atoms with E-state index in [4.69, 9.17) is 9.72 Å². The molecule has 7 heteroatoms. The number of H-pyrrole nitrogens is 1. The topological polar surface area (TPSA) is 76.0 Å². The number of nitrogens with zero attached hydrogens (tertiary/aromatic N) is 4. The third-order valence-corrected chi connectivity index (χ3v) is 5.74. The molecule has 0 spiro atoms. The summed E-state index contributed by atoms with van der Waals surface area (Å²) in [7, 11) is 0. The summed E-state index contributed by atoms with van der Waals surface area (Å²) in [5, 5.41) is 4.93. The van der Waals surface area contributed by atoms with Gasteiger partial charge < -0.3 is 9.64 Å². The van der Waals surface area contributed by atoms with E-state index in [-0.39, 0.29) is 11.1 Å². The SMILES string of the molecule is CC(C)(C)n1ncc2c(=O)[nH]c(N3CCC(OC4CCCCC4)CC3)nc21. The van der Waals surface area contributed by atoms with Crippen molar-refractivity contribution < 1.29 is 4.74 Å². The highest BCUT2D eigenvalue weighted by Crippen LogP contribution is 2.26. The molecule has 1 N–H and O–H groups in total. The first-order valence-corrected chi connectivity index (χ1v) is 10.3. The number of anilines is 1. The lowest BCUT2D eigenvalue weighted by molar-refractivity contribution is -0.0396. The lowest BCUT2D eigenvalue weighted by Gasteiger charge is -2.35. The van der Waals surface area contributed by atoms with Crippen LogP contribution in [0.3, 0.4) is 0 Å². The van der Waals surface area contributed by atoms with Crippen LogP contribution < -0.4 is 10.5 Å². The van der Waals surface area contributed by atoms with Crippen molar-refractivity contribution in [3.05, 3.63) is 16.6 Å². The fraction of sp³-hybridized carbons (Fsp3) is 0.750. The monoisotopic (exact) mass is 373 g/mol. The van der Waals surface area contributed by atoms with Crippen molar-refractivity contribution in [2.75, 3.05) is 18.0 Å². The van der Waals surface area contributed by atoms with Crippen molar-refractivity contribution in [1.82, 2.24) is 19.7 Å². The van der Waals surface area contributed by atoms with E-state index >= 15 is 0 Å². The average molecular weight is 374 g/mol. The number of aromatic nitrogens is 4. The Balaban J connectivity index is 1.48. The Labute approximate surface area is 160 Å². The van der Waals surface area contributed by atoms with E-state index in [1.165, 1.54) is 32.1 Å². The number of hydrogen-bond acceptors (Lipinski definition) is 5. The van der Waals surface area contributed by atoms with Gasteiger partial charge in [-0.05, 0) is 46.5 Å². The van der Waals surface area contributed by atoms with Gasteiger partial charge in [-0.1, -0.05) is 19.3 Å². The minimum Gasteiger partial charge on any atom is -0.375 e. The number of fused-ring (bicyclic) bond motifs is 1. The van der Waals surface area contributed by atoms with Gasteiger partial charge in [-0.3, -0.25) is 9.78 Å². The molecule has 7 nitrogen and oxygen atoms in total. The Morgan fingerprint density at radius 2 is 1.74 bits per heavy atom. The van der Waals surface area contributed by atoms with Gasteiger partial charge in [0.2, 0.25) is 5.95 Å². The van der Waals surface area contributed by atoms with E-state index < -0.39 is 0 Å². The quantitative estimate of drug-likeness (QED) is 0.894. The Morgan fingerprint density at radius 3 is 2.41 bits per heavy atom. The highest BCUT2D eigenvalue weighted by Gasteiger charge is 2.26. The summed E-state index contributed by atoms with van der Waals surface area (Å²) in [5.41, 5.74) is 0.314. The molecule has 4 rings (SSSR count). The van der Waals surface area contributed by atoms with Crippen LogP contribution in [0.2, 0.25) is 0 Å². The molecule has 0 unspecified atom stereocenters. The van der Waals surface area contributed by atoms with Crippen LogP contribution in [0, 0.1) is 0 Å². The maximum atomic E-state index is 12.5. The van der Waals surface area contributed by atoms with E-state index in [0.29, 0.717) is 29.2 Å². The number of piperidine rings is 1. The Kier molecular flexibility index (Phi) is 4.97. The summed E-state index contributed by atoms with van der Waals surface area (Å²) in [6.07, 6.45) is 10.7. The molecule has 3 heterocycles. The molecule has 2 aromatic rings. The second-order valence-electron chi connectivity index (χ2n) is 8.94. The second kappa shape index (κ2) is 7.26. The van der Waals surface area contributed by atoms with E-state index in [2.05, 4.69) is 35.8 Å². The molecular weight excluding hydrogens is 342 g/mol. The molecule has 0 aromatic carbocycles. The fourth-order valence-corrected chi connectivity index (χ4v) is 4.22. The molecule has 1 saturated carbocycles. The molecule has 27 heavy (non-hydrogen) atoms. The average Bonchev–Trinajstić information content (AvgIpc) is 3.08. The molecule has 148 valence electrons. The maximum absolute atomic E-state index is 12.5. The Morgan fingerprint density at radius 1 is 1.07 bits per heavy atom. The number of rotatable bonds is 3. The Bertz CT molecular complexity index is 836. The predicted molar refractivity (Wildman–Crippen MR) is 106 cm³/mol. The van der Waals surface area contributed by atoms with Crippen molar-refractivity contribution in [3.8, 4) is 0 Å². The van der Waals surface area contributed by atoms with Crippen molar-refractivity contribution >= 4 is 17.0 Å². The van der Waals surface area contributed by atoms with Crippen LogP contribution in [0.25, 0.3) is 11.0 Å². The zero-order valence-electron chi connectivity index (χ0n) is 16.7. The molecule has 0 bridgehead atoms. The standard InChI is InChI=1S/C20H31N5O2/c1-20(2,3)25-17-16(13-21-25)18(26)23-19(22-17)24-11-9-15(10-12-24)27-14-7-5-4-6-8-14/h13-15H,4-12H2,1-3H3,(H,22,23,26). The summed E-state index contributed by atoms with van der Waals surface area (Å²) < 4.78 is 8.16. The van der Waals surface area contributed by atoms with Crippen molar-refractivity contribution in [3.63, 3.8) is 0 Å². The normalized spacial score (nSPS) is 20.5. The molecular formula is C20H31N5O2. The highest BCUT2D eigenvalue weighted by molar-refractivity contribution is 5.74. The molecule has 0 amide bonds. The minimum atomic E-state index is -0.222. The van der Waals surface area contributed by atoms with Crippen molar-refractivity contribution in [1.29, 1.82) is 0 Å². The molecule has 2 fully saturated rings. The smallest absolute Gasteiger partial charge is 0.263 e. The van der Waals surface area contributed by atoms with Gasteiger partial charge in [-0.15, -0.1) is 0 Å². The van der Waals surface area contributed by atoms with Crippen LogP contribution in [-0.2, 0) is 10.3 Å². The first kappa shape index (κ1) is 18.5. The molecule has 2 aliphatic rings. The third kappa shape index (κ3) is 3.88. The second-order valence-corrected chi connectivity index (χ2v) is 8.94. The van der Waals surface area contributed by atoms with Gasteiger partial charge in [-0.25, -0.2) is 4.68 Å². The van der Waals surface area contributed by atoms with Gasteiger partial charge in [0.05, 0.1) is 23.9 Å². The highest BCUT2D eigenvalue weighted by atomic mass is 16.5. The van der Waals surface area contributed by atoms with Crippen LogP contribution in [0.4, 0.5) is 5.95 Å². The van der Waals surface area contributed by atoms with Gasteiger partial charge >= 0.3 is 0 Å². The van der Waals surface area contributed by atoms with Crippen LogP contribution in [0.5, 0.6) is 0 Å². The summed E-state index contributed by atoms with van der Waals surface area (Å²) in [5.74, 6) is 0.648. The summed E-state index contributed by atoms with van der Waals surface area (Å²) >= 11 is 0. The van der Waals surface area contributed by atoms with Gasteiger partial charge in [-0.2, -0.15) is 10.1 Å². The molecule has 1 saturated heterocycles. The maximum Gasteiger partial charge on any atom is 0.263 e. The minimum absolute atomic E-state index is 0.119. The lowest BCUT2D eigenvalue weighted by Crippen LogP contribution is -2.40. The van der Waals surface area contributed by atoms with Gasteiger partial charge in [0, 0.05) is 13.1 Å². The van der Waals surface area contributed by atoms with Crippen molar-refractivity contribution in [2.45, 2.75) is 83.5 Å². The van der Waals surface area contributed by atoms with Gasteiger partial charge in [0.1, 0.15) is 5.39 Å². The van der Waals surface area contributed by atoms with E-state index in [0.717, 1.165) is 25.9 Å². The predicted octanol–water partition coefficient (Wildman–Crippen LogP) is 3.19. The van der Waals surface area contributed by atoms with E-state index in [1.807, 2.05) is 4.68 Å². The zero-order valence-corrected chi connectivity index (χ0v) is 16.7. The number of nitrogens with one attached hydrogen (secondary N) is 1. The first-order valence-electron chi connectivity index (χ1n) is 10.3. The van der Waals surface area contributed by atoms with Crippen LogP contribution >= 0.6 is 0 Å². The van der Waals surface area contributed by atoms with Crippen LogP contribution in [0.15, 0.2) is 11.0 Å². The number of hydrogen-bond donors (Lipinski definition) is 1.